The molecule has 0 atom stereocenters. The van der Waals surface area contributed by atoms with Crippen LogP contribution in [-0.4, -0.2) is 15.0 Å². The van der Waals surface area contributed by atoms with Gasteiger partial charge < -0.3 is 0 Å². The zero-order valence-electron chi connectivity index (χ0n) is 29.1. The minimum absolute atomic E-state index is 0.476. The highest BCUT2D eigenvalue weighted by Crippen LogP contribution is 2.62. The Hall–Kier alpha value is -6.62. The lowest BCUT2D eigenvalue weighted by molar-refractivity contribution is 0.722. The van der Waals surface area contributed by atoms with Crippen molar-refractivity contribution in [3.05, 3.63) is 210 Å². The van der Waals surface area contributed by atoms with E-state index in [9.17, 15) is 0 Å². The average Bonchev–Trinajstić information content (AvgIpc) is 3.53. The number of nitrogens with zero attached hydrogens (tertiary/aromatic N) is 3. The van der Waals surface area contributed by atoms with Gasteiger partial charge in [-0.25, -0.2) is 15.0 Å². The highest BCUT2D eigenvalue weighted by molar-refractivity contribution is 7.99. The van der Waals surface area contributed by atoms with Gasteiger partial charge in [-0.1, -0.05) is 182 Å². The van der Waals surface area contributed by atoms with E-state index in [1.165, 1.54) is 59.5 Å². The molecule has 2 aliphatic rings. The quantitative estimate of drug-likeness (QED) is 0.183. The summed E-state index contributed by atoms with van der Waals surface area (Å²) in [6, 6.07) is 67.4. The van der Waals surface area contributed by atoms with Crippen molar-refractivity contribution >= 4 is 22.5 Å². The van der Waals surface area contributed by atoms with Gasteiger partial charge in [0, 0.05) is 26.5 Å². The maximum absolute atomic E-state index is 5.22. The molecule has 1 aliphatic carbocycles. The van der Waals surface area contributed by atoms with Crippen molar-refractivity contribution in [3.63, 3.8) is 0 Å². The lowest BCUT2D eigenvalue weighted by Crippen LogP contribution is -2.31. The average molecular weight is 706 g/mol. The molecule has 1 spiro atoms. The van der Waals surface area contributed by atoms with Crippen LogP contribution in [0, 0.1) is 0 Å². The fourth-order valence-corrected chi connectivity index (χ4v) is 9.81. The van der Waals surface area contributed by atoms with Crippen LogP contribution in [0.1, 0.15) is 22.3 Å². The highest BCUT2D eigenvalue weighted by Gasteiger charge is 2.50. The van der Waals surface area contributed by atoms with Crippen molar-refractivity contribution in [2.75, 3.05) is 0 Å². The van der Waals surface area contributed by atoms with E-state index in [4.69, 9.17) is 15.0 Å². The molecule has 0 N–H and O–H groups in total. The van der Waals surface area contributed by atoms with E-state index in [2.05, 4.69) is 170 Å². The van der Waals surface area contributed by atoms with Crippen LogP contribution in [-0.2, 0) is 5.41 Å². The molecule has 4 heteroatoms. The van der Waals surface area contributed by atoms with Crippen LogP contribution in [0.2, 0.25) is 0 Å². The molecule has 9 aromatic rings. The summed E-state index contributed by atoms with van der Waals surface area (Å²) in [5.41, 5.74) is 12.4. The molecule has 0 bridgehead atoms. The second-order valence-electron chi connectivity index (χ2n) is 13.9. The molecule has 0 amide bonds. The number of hydrogen-bond donors (Lipinski definition) is 0. The first-order valence-electron chi connectivity index (χ1n) is 18.3. The van der Waals surface area contributed by atoms with Crippen molar-refractivity contribution in [1.82, 2.24) is 15.0 Å². The standard InChI is InChI=1S/C50H31N3S/c1-2-14-34(15-3-1)47-51-48(35-27-25-33(26-28-35)38-19-12-16-32-13-4-5-17-37(32)38)53-49(52-47)36-29-30-40-39-18-6-7-20-41(39)50(44(40)31-36)42-21-8-10-23-45(42)54-46-24-11-9-22-43(46)50/h1-31H. The summed E-state index contributed by atoms with van der Waals surface area (Å²) in [5, 5.41) is 2.46. The largest absolute Gasteiger partial charge is 0.208 e. The molecule has 0 saturated carbocycles. The van der Waals surface area contributed by atoms with E-state index in [-0.39, 0.29) is 0 Å². The molecule has 2 heterocycles. The van der Waals surface area contributed by atoms with Gasteiger partial charge in [0.15, 0.2) is 17.5 Å². The van der Waals surface area contributed by atoms with Crippen molar-refractivity contribution in [3.8, 4) is 56.4 Å². The molecule has 1 aliphatic heterocycles. The minimum Gasteiger partial charge on any atom is -0.208 e. The summed E-state index contributed by atoms with van der Waals surface area (Å²) in [6.45, 7) is 0. The zero-order valence-corrected chi connectivity index (χ0v) is 30.0. The maximum Gasteiger partial charge on any atom is 0.164 e. The molecule has 11 rings (SSSR count). The van der Waals surface area contributed by atoms with E-state index >= 15 is 0 Å². The van der Waals surface area contributed by atoms with Crippen molar-refractivity contribution in [2.45, 2.75) is 15.2 Å². The second kappa shape index (κ2) is 12.2. The topological polar surface area (TPSA) is 38.7 Å². The zero-order chi connectivity index (χ0) is 35.6. The molecule has 3 nitrogen and oxygen atoms in total. The third-order valence-corrected chi connectivity index (χ3v) is 12.2. The fraction of sp³-hybridized carbons (Fsp3) is 0.0200. The van der Waals surface area contributed by atoms with Gasteiger partial charge in [0.25, 0.3) is 0 Å². The van der Waals surface area contributed by atoms with Crippen LogP contribution in [0.4, 0.5) is 0 Å². The van der Waals surface area contributed by atoms with Gasteiger partial charge >= 0.3 is 0 Å². The third-order valence-electron chi connectivity index (χ3n) is 11.0. The summed E-state index contributed by atoms with van der Waals surface area (Å²) in [4.78, 5) is 18.0. The summed E-state index contributed by atoms with van der Waals surface area (Å²) in [6.07, 6.45) is 0. The van der Waals surface area contributed by atoms with E-state index in [0.717, 1.165) is 22.3 Å². The Bertz CT molecular complexity index is 2870. The maximum atomic E-state index is 5.22. The van der Waals surface area contributed by atoms with E-state index in [1.54, 1.807) is 0 Å². The van der Waals surface area contributed by atoms with Crippen molar-refractivity contribution in [1.29, 1.82) is 0 Å². The molecule has 8 aromatic carbocycles. The molecular formula is C50H31N3S. The Morgan fingerprint density at radius 3 is 1.57 bits per heavy atom. The van der Waals surface area contributed by atoms with E-state index < -0.39 is 5.41 Å². The van der Waals surface area contributed by atoms with Crippen LogP contribution >= 0.6 is 11.8 Å². The Kier molecular flexibility index (Phi) is 7.01. The van der Waals surface area contributed by atoms with Gasteiger partial charge in [-0.15, -0.1) is 0 Å². The first-order chi connectivity index (χ1) is 26.8. The number of rotatable bonds is 4. The molecular weight excluding hydrogens is 675 g/mol. The van der Waals surface area contributed by atoms with Gasteiger partial charge in [-0.05, 0) is 73.5 Å². The van der Waals surface area contributed by atoms with Crippen molar-refractivity contribution in [2.24, 2.45) is 0 Å². The number of benzene rings is 8. The number of aromatic nitrogens is 3. The van der Waals surface area contributed by atoms with Gasteiger partial charge in [-0.2, -0.15) is 0 Å². The summed E-state index contributed by atoms with van der Waals surface area (Å²) < 4.78 is 0. The smallest absolute Gasteiger partial charge is 0.164 e. The molecule has 0 fully saturated rings. The predicted molar refractivity (Wildman–Crippen MR) is 221 cm³/mol. The van der Waals surface area contributed by atoms with Crippen LogP contribution < -0.4 is 0 Å². The summed E-state index contributed by atoms with van der Waals surface area (Å²) in [5.74, 6) is 1.95. The Morgan fingerprint density at radius 2 is 0.833 bits per heavy atom. The first kappa shape index (κ1) is 31.0. The molecule has 0 unspecified atom stereocenters. The lowest BCUT2D eigenvalue weighted by atomic mass is 9.67. The highest BCUT2D eigenvalue weighted by atomic mass is 32.2. The van der Waals surface area contributed by atoms with Crippen molar-refractivity contribution < 1.29 is 0 Å². The van der Waals surface area contributed by atoms with Crippen LogP contribution in [0.15, 0.2) is 198 Å². The Balaban J connectivity index is 1.10. The van der Waals surface area contributed by atoms with Crippen LogP contribution in [0.25, 0.3) is 67.2 Å². The first-order valence-corrected chi connectivity index (χ1v) is 19.1. The van der Waals surface area contributed by atoms with Gasteiger partial charge in [0.05, 0.1) is 5.41 Å². The fourth-order valence-electron chi connectivity index (χ4n) is 8.62. The molecule has 252 valence electrons. The normalized spacial score (nSPS) is 13.3. The van der Waals surface area contributed by atoms with Crippen LogP contribution in [0.5, 0.6) is 0 Å². The second-order valence-corrected chi connectivity index (χ2v) is 15.0. The summed E-state index contributed by atoms with van der Waals surface area (Å²) >= 11 is 1.86. The Morgan fingerprint density at radius 1 is 0.333 bits per heavy atom. The van der Waals surface area contributed by atoms with Gasteiger partial charge in [-0.3, -0.25) is 0 Å². The SMILES string of the molecule is c1ccc(-c2nc(-c3ccc(-c4cccc5ccccc45)cc3)nc(-c3ccc4c(c3)C3(c5ccccc5Sc5ccccc53)c3ccccc3-4)n2)cc1. The lowest BCUT2D eigenvalue weighted by Gasteiger charge is -2.39. The third kappa shape index (κ3) is 4.67. The summed E-state index contributed by atoms with van der Waals surface area (Å²) in [7, 11) is 0. The number of hydrogen-bond acceptors (Lipinski definition) is 4. The van der Waals surface area contributed by atoms with Gasteiger partial charge in [0.2, 0.25) is 0 Å². The predicted octanol–water partition coefficient (Wildman–Crippen LogP) is 12.5. The monoisotopic (exact) mass is 705 g/mol. The molecule has 54 heavy (non-hydrogen) atoms. The number of fused-ring (bicyclic) bond motifs is 10. The van der Waals surface area contributed by atoms with E-state index in [1.807, 2.05) is 30.0 Å². The van der Waals surface area contributed by atoms with E-state index in [0.29, 0.717) is 17.5 Å². The molecule has 0 saturated heterocycles. The molecule has 0 radical (unpaired) electrons. The molecule has 1 aromatic heterocycles. The Labute approximate surface area is 318 Å². The minimum atomic E-state index is -0.476. The van der Waals surface area contributed by atoms with Gasteiger partial charge in [0.1, 0.15) is 0 Å². The van der Waals surface area contributed by atoms with Crippen LogP contribution in [0.3, 0.4) is 0 Å².